The Bertz CT molecular complexity index is 693. The summed E-state index contributed by atoms with van der Waals surface area (Å²) in [6, 6.07) is 11.4. The van der Waals surface area contributed by atoms with E-state index in [1.165, 1.54) is 12.0 Å². The van der Waals surface area contributed by atoms with Gasteiger partial charge in [-0.15, -0.1) is 16.9 Å². The third-order valence-corrected chi connectivity index (χ3v) is 6.15. The van der Waals surface area contributed by atoms with E-state index in [0.29, 0.717) is 18.6 Å². The molecule has 0 unspecified atom stereocenters. The highest BCUT2D eigenvalue weighted by Crippen LogP contribution is 2.44. The zero-order valence-electron chi connectivity index (χ0n) is 14.1. The SMILES string of the molecule is O=C(NCCSc1cn[nH]n1)[C@H]1C[C@@H](c2ccccc2)N2CCC[C@H]12. The van der Waals surface area contributed by atoms with Crippen molar-refractivity contribution in [2.75, 3.05) is 18.8 Å². The van der Waals surface area contributed by atoms with Crippen molar-refractivity contribution in [3.05, 3.63) is 42.1 Å². The van der Waals surface area contributed by atoms with Crippen molar-refractivity contribution in [1.82, 2.24) is 25.6 Å². The number of hydrogen-bond donors (Lipinski definition) is 2. The molecule has 2 saturated heterocycles. The Morgan fingerprint density at radius 1 is 1.36 bits per heavy atom. The zero-order chi connectivity index (χ0) is 17.1. The number of aromatic nitrogens is 3. The third-order valence-electron chi connectivity index (χ3n) is 5.25. The fourth-order valence-electron chi connectivity index (χ4n) is 4.17. The number of benzene rings is 1. The monoisotopic (exact) mass is 357 g/mol. The van der Waals surface area contributed by atoms with Crippen molar-refractivity contribution in [1.29, 1.82) is 0 Å². The maximum atomic E-state index is 12.7. The topological polar surface area (TPSA) is 73.9 Å². The number of carbonyl (C=O) groups is 1. The van der Waals surface area contributed by atoms with Crippen molar-refractivity contribution in [3.8, 4) is 0 Å². The lowest BCUT2D eigenvalue weighted by Crippen LogP contribution is -2.38. The Hall–Kier alpha value is -1.86. The Morgan fingerprint density at radius 3 is 3.04 bits per heavy atom. The molecular weight excluding hydrogens is 334 g/mol. The molecule has 0 radical (unpaired) electrons. The van der Waals surface area contributed by atoms with E-state index in [-0.39, 0.29) is 11.8 Å². The van der Waals surface area contributed by atoms with Crippen molar-refractivity contribution in [2.24, 2.45) is 5.92 Å². The first-order valence-corrected chi connectivity index (χ1v) is 9.88. The van der Waals surface area contributed by atoms with Crippen LogP contribution in [0, 0.1) is 5.92 Å². The number of aromatic amines is 1. The third kappa shape index (κ3) is 3.57. The van der Waals surface area contributed by atoms with Crippen LogP contribution in [0.2, 0.25) is 0 Å². The molecule has 2 aliphatic heterocycles. The van der Waals surface area contributed by atoms with E-state index >= 15 is 0 Å². The minimum atomic E-state index is 0.102. The number of nitrogens with zero attached hydrogens (tertiary/aromatic N) is 3. The lowest BCUT2D eigenvalue weighted by molar-refractivity contribution is -0.125. The maximum Gasteiger partial charge on any atom is 0.224 e. The van der Waals surface area contributed by atoms with Gasteiger partial charge in [-0.25, -0.2) is 0 Å². The molecule has 0 spiro atoms. The van der Waals surface area contributed by atoms with Gasteiger partial charge in [-0.1, -0.05) is 30.3 Å². The van der Waals surface area contributed by atoms with Crippen LogP contribution in [0.4, 0.5) is 0 Å². The van der Waals surface area contributed by atoms with Gasteiger partial charge in [0.2, 0.25) is 5.91 Å². The van der Waals surface area contributed by atoms with Crippen molar-refractivity contribution >= 4 is 17.7 Å². The second-order valence-corrected chi connectivity index (χ2v) is 7.78. The van der Waals surface area contributed by atoms with Crippen molar-refractivity contribution in [3.63, 3.8) is 0 Å². The lowest BCUT2D eigenvalue weighted by atomic mass is 9.93. The number of hydrogen-bond acceptors (Lipinski definition) is 5. The Kier molecular flexibility index (Phi) is 5.03. The summed E-state index contributed by atoms with van der Waals surface area (Å²) in [5.74, 6) is 1.11. The summed E-state index contributed by atoms with van der Waals surface area (Å²) in [6.45, 7) is 1.77. The fourth-order valence-corrected chi connectivity index (χ4v) is 4.82. The molecule has 6 nitrogen and oxygen atoms in total. The fraction of sp³-hybridized carbons (Fsp3) is 0.500. The zero-order valence-corrected chi connectivity index (χ0v) is 14.9. The average molecular weight is 357 g/mol. The largest absolute Gasteiger partial charge is 0.355 e. The second kappa shape index (κ2) is 7.58. The van der Waals surface area contributed by atoms with Crippen LogP contribution in [0.25, 0.3) is 0 Å². The van der Waals surface area contributed by atoms with Crippen LogP contribution in [-0.4, -0.2) is 51.1 Å². The number of rotatable bonds is 6. The van der Waals surface area contributed by atoms with Gasteiger partial charge in [0.25, 0.3) is 0 Å². The molecule has 3 heterocycles. The normalized spacial score (nSPS) is 25.8. The maximum absolute atomic E-state index is 12.7. The van der Waals surface area contributed by atoms with Crippen LogP contribution in [0.15, 0.2) is 41.6 Å². The van der Waals surface area contributed by atoms with Crippen molar-refractivity contribution in [2.45, 2.75) is 36.4 Å². The highest BCUT2D eigenvalue weighted by atomic mass is 32.2. The second-order valence-electron chi connectivity index (χ2n) is 6.66. The molecule has 1 amide bonds. The predicted molar refractivity (Wildman–Crippen MR) is 97.1 cm³/mol. The van der Waals surface area contributed by atoms with Gasteiger partial charge in [0.15, 0.2) is 0 Å². The van der Waals surface area contributed by atoms with Gasteiger partial charge in [-0.3, -0.25) is 9.69 Å². The quantitative estimate of drug-likeness (QED) is 0.613. The van der Waals surface area contributed by atoms with Gasteiger partial charge < -0.3 is 5.32 Å². The number of amides is 1. The molecule has 2 N–H and O–H groups in total. The Labute approximate surface area is 151 Å². The minimum absolute atomic E-state index is 0.102. The molecule has 2 fully saturated rings. The first-order valence-electron chi connectivity index (χ1n) is 8.90. The molecule has 1 aromatic carbocycles. The molecule has 132 valence electrons. The summed E-state index contributed by atoms with van der Waals surface area (Å²) in [5, 5.41) is 14.4. The van der Waals surface area contributed by atoms with Gasteiger partial charge in [-0.05, 0) is 31.4 Å². The molecular formula is C18H23N5OS. The summed E-state index contributed by atoms with van der Waals surface area (Å²) in [4.78, 5) is 15.3. The van der Waals surface area contributed by atoms with Crippen LogP contribution in [0.1, 0.15) is 30.9 Å². The van der Waals surface area contributed by atoms with E-state index in [2.05, 4.69) is 56.0 Å². The molecule has 0 saturated carbocycles. The van der Waals surface area contributed by atoms with E-state index in [9.17, 15) is 4.79 Å². The van der Waals surface area contributed by atoms with Crippen LogP contribution >= 0.6 is 11.8 Å². The van der Waals surface area contributed by atoms with Crippen LogP contribution in [-0.2, 0) is 4.79 Å². The number of fused-ring (bicyclic) bond motifs is 1. The first kappa shape index (κ1) is 16.6. The molecule has 7 heteroatoms. The molecule has 1 aromatic heterocycles. The van der Waals surface area contributed by atoms with E-state index in [0.717, 1.165) is 30.2 Å². The average Bonchev–Trinajstić information content (AvgIpc) is 3.36. The van der Waals surface area contributed by atoms with Gasteiger partial charge in [0.1, 0.15) is 5.03 Å². The van der Waals surface area contributed by atoms with E-state index in [1.807, 2.05) is 0 Å². The molecule has 0 aliphatic carbocycles. The number of carbonyl (C=O) groups excluding carboxylic acids is 1. The van der Waals surface area contributed by atoms with Crippen LogP contribution in [0.3, 0.4) is 0 Å². The molecule has 25 heavy (non-hydrogen) atoms. The summed E-state index contributed by atoms with van der Waals surface area (Å²) in [7, 11) is 0. The standard InChI is InChI=1S/C18H23N5OS/c24-18(19-8-10-25-17-12-20-22-21-17)14-11-16(13-5-2-1-3-6-13)23-9-4-7-15(14)23/h1-3,5-6,12,14-16H,4,7-11H2,(H,19,24)(H,20,21,22)/t14-,15+,16-/m0/s1. The molecule has 2 aromatic rings. The van der Waals surface area contributed by atoms with E-state index in [4.69, 9.17) is 0 Å². The number of H-pyrrole nitrogens is 1. The van der Waals surface area contributed by atoms with Crippen LogP contribution in [0.5, 0.6) is 0 Å². The molecule has 3 atom stereocenters. The first-order chi connectivity index (χ1) is 12.3. The van der Waals surface area contributed by atoms with Gasteiger partial charge in [0, 0.05) is 24.4 Å². The summed E-state index contributed by atoms with van der Waals surface area (Å²) in [6.07, 6.45) is 4.95. The smallest absolute Gasteiger partial charge is 0.224 e. The Balaban J connectivity index is 1.34. The number of thioether (sulfide) groups is 1. The van der Waals surface area contributed by atoms with Crippen LogP contribution < -0.4 is 5.32 Å². The molecule has 4 rings (SSSR count). The summed E-state index contributed by atoms with van der Waals surface area (Å²) in [5.41, 5.74) is 1.34. The minimum Gasteiger partial charge on any atom is -0.355 e. The highest BCUT2D eigenvalue weighted by Gasteiger charge is 2.46. The van der Waals surface area contributed by atoms with Gasteiger partial charge in [-0.2, -0.15) is 10.3 Å². The van der Waals surface area contributed by atoms with Crippen molar-refractivity contribution < 1.29 is 4.79 Å². The highest BCUT2D eigenvalue weighted by molar-refractivity contribution is 7.99. The summed E-state index contributed by atoms with van der Waals surface area (Å²) >= 11 is 1.60. The molecule has 0 bridgehead atoms. The molecule has 2 aliphatic rings. The Morgan fingerprint density at radius 2 is 2.24 bits per heavy atom. The lowest BCUT2D eigenvalue weighted by Gasteiger charge is -2.24. The van der Waals surface area contributed by atoms with E-state index < -0.39 is 0 Å². The predicted octanol–water partition coefficient (Wildman–Crippen LogP) is 2.24. The summed E-state index contributed by atoms with van der Waals surface area (Å²) < 4.78 is 0. The number of nitrogens with one attached hydrogen (secondary N) is 2. The van der Waals surface area contributed by atoms with Gasteiger partial charge in [0.05, 0.1) is 12.1 Å². The van der Waals surface area contributed by atoms with Gasteiger partial charge >= 0.3 is 0 Å². The van der Waals surface area contributed by atoms with E-state index in [1.54, 1.807) is 18.0 Å².